The third-order valence-corrected chi connectivity index (χ3v) is 2.99. The molecule has 0 heterocycles. The number of rotatable bonds is 6. The van der Waals surface area contributed by atoms with Crippen LogP contribution in [-0.4, -0.2) is 13.2 Å². The van der Waals surface area contributed by atoms with Crippen molar-refractivity contribution in [2.75, 3.05) is 7.11 Å². The molecule has 0 saturated carbocycles. The molecule has 16 heavy (non-hydrogen) atoms. The fourth-order valence-corrected chi connectivity index (χ4v) is 1.93. The van der Waals surface area contributed by atoms with Crippen LogP contribution in [0.25, 0.3) is 0 Å². The Labute approximate surface area is 98.8 Å². The molecule has 0 aliphatic carbocycles. The topological polar surface area (TPSA) is 35.2 Å². The second-order valence-electron chi connectivity index (χ2n) is 4.38. The van der Waals surface area contributed by atoms with Crippen molar-refractivity contribution >= 4 is 0 Å². The van der Waals surface area contributed by atoms with Gasteiger partial charge in [-0.2, -0.15) is 0 Å². The van der Waals surface area contributed by atoms with Gasteiger partial charge in [0, 0.05) is 6.04 Å². The van der Waals surface area contributed by atoms with Gasteiger partial charge in [0.05, 0.1) is 7.11 Å². The number of ether oxygens (including phenoxy) is 1. The van der Waals surface area contributed by atoms with Gasteiger partial charge in [-0.15, -0.1) is 0 Å². The van der Waals surface area contributed by atoms with Crippen LogP contribution in [0.3, 0.4) is 0 Å². The third-order valence-electron chi connectivity index (χ3n) is 2.99. The van der Waals surface area contributed by atoms with Crippen LogP contribution in [0.15, 0.2) is 18.2 Å². The van der Waals surface area contributed by atoms with Gasteiger partial charge in [-0.3, -0.25) is 0 Å². The summed E-state index contributed by atoms with van der Waals surface area (Å²) in [7, 11) is 1.70. The Morgan fingerprint density at radius 3 is 2.62 bits per heavy atom. The van der Waals surface area contributed by atoms with Gasteiger partial charge < -0.3 is 10.5 Å². The van der Waals surface area contributed by atoms with Crippen molar-refractivity contribution in [3.05, 3.63) is 29.3 Å². The van der Waals surface area contributed by atoms with Crippen LogP contribution in [0.4, 0.5) is 0 Å². The highest BCUT2D eigenvalue weighted by Crippen LogP contribution is 2.18. The summed E-state index contributed by atoms with van der Waals surface area (Å²) in [4.78, 5) is 0. The molecular formula is C14H23NO. The number of methoxy groups -OCH3 is 1. The van der Waals surface area contributed by atoms with Crippen molar-refractivity contribution in [2.45, 2.75) is 45.6 Å². The van der Waals surface area contributed by atoms with Gasteiger partial charge in [-0.25, -0.2) is 0 Å². The monoisotopic (exact) mass is 221 g/mol. The highest BCUT2D eigenvalue weighted by atomic mass is 16.5. The molecule has 1 rings (SSSR count). The molecule has 1 aromatic carbocycles. The van der Waals surface area contributed by atoms with Crippen molar-refractivity contribution in [1.29, 1.82) is 0 Å². The Balaban J connectivity index is 2.54. The summed E-state index contributed by atoms with van der Waals surface area (Å²) in [5.41, 5.74) is 8.69. The Morgan fingerprint density at radius 1 is 1.31 bits per heavy atom. The van der Waals surface area contributed by atoms with Crippen LogP contribution >= 0.6 is 0 Å². The number of hydrogen-bond acceptors (Lipinski definition) is 2. The lowest BCUT2D eigenvalue weighted by atomic mass is 9.99. The quantitative estimate of drug-likeness (QED) is 0.801. The second-order valence-corrected chi connectivity index (χ2v) is 4.38. The molecule has 0 aliphatic rings. The lowest BCUT2D eigenvalue weighted by molar-refractivity contribution is 0.414. The minimum absolute atomic E-state index is 0.339. The number of benzene rings is 1. The maximum atomic E-state index is 6.01. The molecular weight excluding hydrogens is 198 g/mol. The Kier molecular flexibility index (Phi) is 5.33. The smallest absolute Gasteiger partial charge is 0.119 e. The van der Waals surface area contributed by atoms with E-state index >= 15 is 0 Å². The minimum atomic E-state index is 0.339. The first kappa shape index (κ1) is 13.0. The van der Waals surface area contributed by atoms with Crippen LogP contribution in [0.5, 0.6) is 5.75 Å². The summed E-state index contributed by atoms with van der Waals surface area (Å²) in [5, 5.41) is 0. The van der Waals surface area contributed by atoms with Gasteiger partial charge in [0.1, 0.15) is 5.75 Å². The fourth-order valence-electron chi connectivity index (χ4n) is 1.93. The molecule has 0 spiro atoms. The SMILES string of the molecule is CCCC(N)CCc1ccc(OC)cc1C. The Hall–Kier alpha value is -1.02. The summed E-state index contributed by atoms with van der Waals surface area (Å²) in [5.74, 6) is 0.930. The lowest BCUT2D eigenvalue weighted by Crippen LogP contribution is -2.20. The molecule has 0 fully saturated rings. The number of aryl methyl sites for hydroxylation is 2. The minimum Gasteiger partial charge on any atom is -0.497 e. The molecule has 0 aliphatic heterocycles. The van der Waals surface area contributed by atoms with Gasteiger partial charge in [-0.1, -0.05) is 19.4 Å². The molecule has 1 atom stereocenters. The molecule has 0 amide bonds. The first-order valence-corrected chi connectivity index (χ1v) is 6.06. The Morgan fingerprint density at radius 2 is 2.06 bits per heavy atom. The summed E-state index contributed by atoms with van der Waals surface area (Å²) < 4.78 is 5.19. The first-order chi connectivity index (χ1) is 7.67. The van der Waals surface area contributed by atoms with Gasteiger partial charge in [-0.05, 0) is 49.4 Å². The van der Waals surface area contributed by atoms with Crippen LogP contribution in [0.2, 0.25) is 0 Å². The zero-order valence-corrected chi connectivity index (χ0v) is 10.6. The van der Waals surface area contributed by atoms with E-state index in [0.717, 1.165) is 25.0 Å². The zero-order chi connectivity index (χ0) is 12.0. The fraction of sp³-hybridized carbons (Fsp3) is 0.571. The van der Waals surface area contributed by atoms with E-state index in [9.17, 15) is 0 Å². The molecule has 0 saturated heterocycles. The van der Waals surface area contributed by atoms with E-state index in [1.54, 1.807) is 7.11 Å². The van der Waals surface area contributed by atoms with Crippen LogP contribution in [-0.2, 0) is 6.42 Å². The maximum absolute atomic E-state index is 6.01. The molecule has 0 radical (unpaired) electrons. The maximum Gasteiger partial charge on any atom is 0.119 e. The average Bonchev–Trinajstić information content (AvgIpc) is 2.27. The summed E-state index contributed by atoms with van der Waals surface area (Å²) in [6.07, 6.45) is 4.43. The van der Waals surface area contributed by atoms with E-state index in [0.29, 0.717) is 6.04 Å². The van der Waals surface area contributed by atoms with Crippen LogP contribution in [0, 0.1) is 6.92 Å². The van der Waals surface area contributed by atoms with Gasteiger partial charge in [0.2, 0.25) is 0 Å². The molecule has 0 bridgehead atoms. The van der Waals surface area contributed by atoms with Crippen molar-refractivity contribution in [1.82, 2.24) is 0 Å². The number of nitrogens with two attached hydrogens (primary N) is 1. The van der Waals surface area contributed by atoms with E-state index in [-0.39, 0.29) is 0 Å². The highest BCUT2D eigenvalue weighted by molar-refractivity contribution is 5.34. The van der Waals surface area contributed by atoms with Gasteiger partial charge >= 0.3 is 0 Å². The summed E-state index contributed by atoms with van der Waals surface area (Å²) in [6, 6.07) is 6.59. The van der Waals surface area contributed by atoms with Crippen molar-refractivity contribution < 1.29 is 4.74 Å². The van der Waals surface area contributed by atoms with Gasteiger partial charge in [0.15, 0.2) is 0 Å². The predicted octanol–water partition coefficient (Wildman–Crippen LogP) is 3.06. The van der Waals surface area contributed by atoms with Gasteiger partial charge in [0.25, 0.3) is 0 Å². The predicted molar refractivity (Wildman–Crippen MR) is 68.9 cm³/mol. The van der Waals surface area contributed by atoms with E-state index in [4.69, 9.17) is 10.5 Å². The third kappa shape index (κ3) is 3.86. The highest BCUT2D eigenvalue weighted by Gasteiger charge is 2.04. The molecule has 2 heteroatoms. The van der Waals surface area contributed by atoms with Crippen molar-refractivity contribution in [2.24, 2.45) is 5.73 Å². The second kappa shape index (κ2) is 6.54. The van der Waals surface area contributed by atoms with Crippen molar-refractivity contribution in [3.63, 3.8) is 0 Å². The zero-order valence-electron chi connectivity index (χ0n) is 10.6. The van der Waals surface area contributed by atoms with E-state index < -0.39 is 0 Å². The molecule has 0 aromatic heterocycles. The average molecular weight is 221 g/mol. The molecule has 90 valence electrons. The molecule has 1 aromatic rings. The summed E-state index contributed by atoms with van der Waals surface area (Å²) in [6.45, 7) is 4.31. The normalized spacial score (nSPS) is 12.5. The van der Waals surface area contributed by atoms with E-state index in [1.165, 1.54) is 17.5 Å². The first-order valence-electron chi connectivity index (χ1n) is 6.06. The standard InChI is InChI=1S/C14H23NO/c1-4-5-13(15)8-6-12-7-9-14(16-3)10-11(12)2/h7,9-10,13H,4-6,8,15H2,1-3H3. The number of hydrogen-bond donors (Lipinski definition) is 1. The van der Waals surface area contributed by atoms with E-state index in [1.807, 2.05) is 6.07 Å². The largest absolute Gasteiger partial charge is 0.497 e. The molecule has 2 N–H and O–H groups in total. The Bertz CT molecular complexity index is 323. The molecule has 1 unspecified atom stereocenters. The lowest BCUT2D eigenvalue weighted by Gasteiger charge is -2.12. The van der Waals surface area contributed by atoms with Crippen LogP contribution < -0.4 is 10.5 Å². The van der Waals surface area contributed by atoms with Crippen molar-refractivity contribution in [3.8, 4) is 5.75 Å². The van der Waals surface area contributed by atoms with Crippen LogP contribution in [0.1, 0.15) is 37.3 Å². The summed E-state index contributed by atoms with van der Waals surface area (Å²) >= 11 is 0. The van der Waals surface area contributed by atoms with E-state index in [2.05, 4.69) is 26.0 Å². The molecule has 2 nitrogen and oxygen atoms in total.